The summed E-state index contributed by atoms with van der Waals surface area (Å²) in [6, 6.07) is 37.0. The number of benzene rings is 4. The lowest BCUT2D eigenvalue weighted by molar-refractivity contribution is -0.143. The lowest BCUT2D eigenvalue weighted by Gasteiger charge is -2.32. The number of nitrogens with one attached hydrogen (secondary N) is 8. The molecule has 28 nitrogen and oxygen atoms in total. The number of nitrogens with zero attached hydrogens (tertiary/aromatic N) is 6. The predicted octanol–water partition coefficient (Wildman–Crippen LogP) is 9.50. The number of aromatic nitrogens is 4. The number of para-hydroxylation sites is 4. The number of H-pyrrole nitrogens is 2. The van der Waals surface area contributed by atoms with Crippen molar-refractivity contribution in [3.63, 3.8) is 0 Å². The number of carbonyl (C=O) groups is 8. The van der Waals surface area contributed by atoms with Crippen LogP contribution >= 0.6 is 0 Å². The highest BCUT2D eigenvalue weighted by atomic mass is 16.6. The number of amides is 8. The van der Waals surface area contributed by atoms with Crippen LogP contribution in [0.25, 0.3) is 90.9 Å². The molecule has 8 N–H and O–H groups in total. The van der Waals surface area contributed by atoms with Gasteiger partial charge in [-0.05, 0) is 72.8 Å². The number of esters is 2. The number of urea groups is 2. The number of ether oxygens (including phenoxy) is 6. The summed E-state index contributed by atoms with van der Waals surface area (Å²) < 4.78 is 32.5. The maximum absolute atomic E-state index is 14.9. The molecule has 0 saturated heterocycles. The number of aromatic amines is 2. The van der Waals surface area contributed by atoms with Gasteiger partial charge < -0.3 is 85.0 Å². The van der Waals surface area contributed by atoms with E-state index in [1.54, 1.807) is 9.80 Å². The van der Waals surface area contributed by atoms with Gasteiger partial charge in [-0.2, -0.15) is 0 Å². The summed E-state index contributed by atoms with van der Waals surface area (Å²) in [7, 11) is 0. The van der Waals surface area contributed by atoms with Crippen molar-refractivity contribution in [2.75, 3.05) is 166 Å². The van der Waals surface area contributed by atoms with E-state index in [0.717, 1.165) is 0 Å². The Kier molecular flexibility index (Phi) is 26.6. The molecule has 14 bridgehead atoms. The summed E-state index contributed by atoms with van der Waals surface area (Å²) in [5.41, 5.74) is 11.6. The number of fused-ring (bicyclic) bond motifs is 19. The fourth-order valence-corrected chi connectivity index (χ4v) is 13.3. The van der Waals surface area contributed by atoms with E-state index >= 15 is 0 Å². The molecular weight excluding hydrogens is 1380 g/mol. The Morgan fingerprint density at radius 2 is 0.630 bits per heavy atom. The molecule has 4 aromatic carbocycles. The van der Waals surface area contributed by atoms with Crippen molar-refractivity contribution in [2.24, 2.45) is 0 Å². The second-order valence-electron chi connectivity index (χ2n) is 26.1. The number of anilines is 4. The van der Waals surface area contributed by atoms with Crippen molar-refractivity contribution < 1.29 is 66.8 Å². The SMILES string of the molecule is CC(=O)OCCOCCOCCNC(=O)N1CCC(=O)Nc2ccccc2-c2c3nc(c4c5ccc([nH]5)c5c6nc(c(c7ccc2[nH]7)-c2ccccc2NC(=O)CCN(CCC(=O)Nc2ccccc2-5)CCN(CC1)CCN(C(=O)NCCOCCOCCOC(C)=O)CCC(=O)Nc1ccccc1-4)C=C6)C=C3. The first kappa shape index (κ1) is 76.3. The average Bonchev–Trinajstić information content (AvgIpc) is 1.59. The quantitative estimate of drug-likeness (QED) is 0.0293. The van der Waals surface area contributed by atoms with Gasteiger partial charge in [0.1, 0.15) is 13.2 Å². The van der Waals surface area contributed by atoms with Crippen LogP contribution in [0.1, 0.15) is 62.3 Å². The molecule has 7 aromatic rings. The third-order valence-electron chi connectivity index (χ3n) is 18.7. The molecule has 0 aliphatic carbocycles. The van der Waals surface area contributed by atoms with Crippen molar-refractivity contribution in [2.45, 2.75) is 39.5 Å². The maximum Gasteiger partial charge on any atom is 0.317 e. The molecule has 0 radical (unpaired) electrons. The molecule has 0 atom stereocenters. The van der Waals surface area contributed by atoms with Gasteiger partial charge in [0.25, 0.3) is 0 Å². The zero-order valence-electron chi connectivity index (χ0n) is 60.6. The summed E-state index contributed by atoms with van der Waals surface area (Å²) >= 11 is 0. The number of hydrogen-bond donors (Lipinski definition) is 8. The molecular formula is C80H90N14O14. The van der Waals surface area contributed by atoms with Crippen molar-refractivity contribution in [1.29, 1.82) is 0 Å². The second-order valence-corrected chi connectivity index (χ2v) is 26.1. The standard InChI is InChI=1S/C80H90N14O14/c1-53(95)107-51-49-105-47-45-103-43-31-81-79(101)93-35-29-73(99)89-61-17-9-5-13-57(61)77-67-23-21-65(84-67)75-55-11-3-7-15-59(55)87-71(97)27-33-91-34-28-72(98)88-60-16-8-4-12-56(60)76(64-20-19-63(75)83-64)66-22-24-68(85-66)78(70-26-25-69(77)86-70)58-14-6-10-18-62(58)90-74(100)30-36-94(42-40-92(38-37-91)39-41-93)80(102)82-32-44-104-46-48-106-50-52-108-54(2)96/h3-26,84-85H,27-52H2,1-2H3,(H,81,101)(H,82,102)(H,87,97)(H,88,98)(H,89,99)(H,90,100). The summed E-state index contributed by atoms with van der Waals surface area (Å²) in [5.74, 6) is -2.16. The monoisotopic (exact) mass is 1470 g/mol. The molecule has 6 aliphatic heterocycles. The molecule has 0 saturated carbocycles. The average molecular weight is 1470 g/mol. The zero-order chi connectivity index (χ0) is 75.1. The molecule has 9 heterocycles. The third-order valence-corrected chi connectivity index (χ3v) is 18.7. The highest BCUT2D eigenvalue weighted by Gasteiger charge is 2.27. The topological polar surface area (TPSA) is 334 Å². The predicted molar refractivity (Wildman–Crippen MR) is 413 cm³/mol. The lowest BCUT2D eigenvalue weighted by atomic mass is 10.0. The first-order valence-corrected chi connectivity index (χ1v) is 36.5. The normalized spacial score (nSPS) is 16.4. The number of carbonyl (C=O) groups excluding carboxylic acids is 8. The number of rotatable bonds is 18. The zero-order valence-corrected chi connectivity index (χ0v) is 60.6. The van der Waals surface area contributed by atoms with Crippen LogP contribution in [0.5, 0.6) is 0 Å². The minimum absolute atomic E-state index is 0.0116. The maximum atomic E-state index is 14.9. The van der Waals surface area contributed by atoms with Gasteiger partial charge in [-0.1, -0.05) is 72.8 Å². The van der Waals surface area contributed by atoms with Crippen LogP contribution in [0.3, 0.4) is 0 Å². The van der Waals surface area contributed by atoms with E-state index in [2.05, 4.69) is 51.7 Å². The van der Waals surface area contributed by atoms with Gasteiger partial charge >= 0.3 is 24.0 Å². The minimum atomic E-state index is -0.477. The van der Waals surface area contributed by atoms with Gasteiger partial charge in [0, 0.05) is 207 Å². The summed E-state index contributed by atoms with van der Waals surface area (Å²) in [5, 5.41) is 19.0. The van der Waals surface area contributed by atoms with Gasteiger partial charge in [0.2, 0.25) is 23.6 Å². The Bertz CT molecular complexity index is 4410. The van der Waals surface area contributed by atoms with E-state index < -0.39 is 24.0 Å². The van der Waals surface area contributed by atoms with Crippen molar-refractivity contribution >= 4 is 117 Å². The molecule has 28 heteroatoms. The largest absolute Gasteiger partial charge is 0.463 e. The fourth-order valence-electron chi connectivity index (χ4n) is 13.3. The van der Waals surface area contributed by atoms with Crippen LogP contribution in [0.15, 0.2) is 121 Å². The number of hydrogen-bond acceptors (Lipinski definition) is 18. The van der Waals surface area contributed by atoms with Crippen LogP contribution in [0.2, 0.25) is 0 Å². The molecule has 564 valence electrons. The minimum Gasteiger partial charge on any atom is -0.463 e. The molecule has 13 rings (SSSR count). The summed E-state index contributed by atoms with van der Waals surface area (Å²) in [6.07, 6.45) is 7.46. The molecule has 108 heavy (non-hydrogen) atoms. The van der Waals surface area contributed by atoms with Crippen LogP contribution in [-0.4, -0.2) is 232 Å². The smallest absolute Gasteiger partial charge is 0.317 e. The van der Waals surface area contributed by atoms with E-state index in [9.17, 15) is 38.4 Å². The summed E-state index contributed by atoms with van der Waals surface area (Å²) in [4.78, 5) is 137. The molecule has 0 fully saturated rings. The van der Waals surface area contributed by atoms with Crippen molar-refractivity contribution in [1.82, 2.24) is 50.2 Å². The highest BCUT2D eigenvalue weighted by Crippen LogP contribution is 2.43. The van der Waals surface area contributed by atoms with E-state index in [1.165, 1.54) is 13.8 Å². The Balaban J connectivity index is 1.04. The molecule has 0 unspecified atom stereocenters. The lowest BCUT2D eigenvalue weighted by Crippen LogP contribution is -2.49. The molecule has 8 amide bonds. The Labute approximate surface area is 624 Å². The fraction of sp³-hybridized carbons (Fsp3) is 0.350. The Morgan fingerprint density at radius 1 is 0.352 bits per heavy atom. The van der Waals surface area contributed by atoms with Gasteiger partial charge in [0.15, 0.2) is 0 Å². The van der Waals surface area contributed by atoms with E-state index in [0.29, 0.717) is 125 Å². The second kappa shape index (κ2) is 37.7. The van der Waals surface area contributed by atoms with E-state index in [1.807, 2.05) is 146 Å². The van der Waals surface area contributed by atoms with Gasteiger partial charge in [-0.15, -0.1) is 0 Å². The van der Waals surface area contributed by atoms with E-state index in [4.69, 9.17) is 38.4 Å². The van der Waals surface area contributed by atoms with Crippen LogP contribution in [0, 0.1) is 0 Å². The Morgan fingerprint density at radius 3 is 0.954 bits per heavy atom. The van der Waals surface area contributed by atoms with Gasteiger partial charge in [-0.3, -0.25) is 33.7 Å². The van der Waals surface area contributed by atoms with Gasteiger partial charge in [-0.25, -0.2) is 19.6 Å². The summed E-state index contributed by atoms with van der Waals surface area (Å²) in [6.45, 7) is 6.03. The molecule has 3 aromatic heterocycles. The molecule has 0 spiro atoms. The first-order valence-electron chi connectivity index (χ1n) is 36.5. The van der Waals surface area contributed by atoms with Crippen molar-refractivity contribution in [3.05, 3.63) is 144 Å². The Hall–Kier alpha value is -11.4. The highest BCUT2D eigenvalue weighted by molar-refractivity contribution is 6.08. The van der Waals surface area contributed by atoms with Crippen LogP contribution < -0.4 is 31.9 Å². The van der Waals surface area contributed by atoms with Gasteiger partial charge in [0.05, 0.1) is 75.6 Å². The molecule has 6 aliphatic rings. The van der Waals surface area contributed by atoms with E-state index in [-0.39, 0.29) is 181 Å². The van der Waals surface area contributed by atoms with Crippen LogP contribution in [-0.2, 0) is 57.2 Å². The first-order chi connectivity index (χ1) is 52.7. The van der Waals surface area contributed by atoms with Crippen LogP contribution in [0.4, 0.5) is 32.3 Å². The van der Waals surface area contributed by atoms with Crippen molar-refractivity contribution in [3.8, 4) is 44.5 Å². The third kappa shape index (κ3) is 20.4.